The lowest BCUT2D eigenvalue weighted by Crippen LogP contribution is -2.18. The topological polar surface area (TPSA) is 21.3 Å². The lowest BCUT2D eigenvalue weighted by Gasteiger charge is -2.15. The quantitative estimate of drug-likeness (QED) is 0.911. The number of hydrogen-bond acceptors (Lipinski definition) is 2. The number of rotatable bonds is 4. The van der Waals surface area contributed by atoms with Gasteiger partial charge in [-0.2, -0.15) is 0 Å². The molecule has 0 saturated heterocycles. The van der Waals surface area contributed by atoms with Crippen LogP contribution in [0.3, 0.4) is 0 Å². The zero-order valence-corrected chi connectivity index (χ0v) is 12.6. The van der Waals surface area contributed by atoms with Crippen molar-refractivity contribution in [3.63, 3.8) is 0 Å². The van der Waals surface area contributed by atoms with Gasteiger partial charge in [-0.25, -0.2) is 4.39 Å². The van der Waals surface area contributed by atoms with Gasteiger partial charge in [0.15, 0.2) is 0 Å². The van der Waals surface area contributed by atoms with E-state index in [1.54, 1.807) is 12.1 Å². The first-order valence-corrected chi connectivity index (χ1v) is 7.44. The average molecular weight is 306 g/mol. The van der Waals surface area contributed by atoms with Crippen LogP contribution in [0.5, 0.6) is 5.75 Å². The SMILES string of the molecule is CC(NCc1ccc(F)c(Cl)c1)c1ccc2c(c1)CCO2. The first kappa shape index (κ1) is 14.4. The molecule has 1 atom stereocenters. The van der Waals surface area contributed by atoms with Gasteiger partial charge >= 0.3 is 0 Å². The van der Waals surface area contributed by atoms with E-state index in [0.29, 0.717) is 6.54 Å². The van der Waals surface area contributed by atoms with Crippen LogP contribution in [0, 0.1) is 5.82 Å². The summed E-state index contributed by atoms with van der Waals surface area (Å²) in [6.45, 7) is 3.53. The number of ether oxygens (including phenoxy) is 1. The highest BCUT2D eigenvalue weighted by atomic mass is 35.5. The van der Waals surface area contributed by atoms with E-state index < -0.39 is 0 Å². The standard InChI is InChI=1S/C17H17ClFNO/c1-11(13-3-5-17-14(9-13)6-7-21-17)20-10-12-2-4-16(19)15(18)8-12/h2-5,8-9,11,20H,6-7,10H2,1H3. The Hall–Kier alpha value is -1.58. The molecule has 0 aromatic heterocycles. The molecule has 0 spiro atoms. The number of hydrogen-bond donors (Lipinski definition) is 1. The number of halogens is 2. The van der Waals surface area contributed by atoms with Crippen LogP contribution in [0.25, 0.3) is 0 Å². The molecule has 0 aliphatic carbocycles. The van der Waals surface area contributed by atoms with Gasteiger partial charge in [0, 0.05) is 19.0 Å². The lowest BCUT2D eigenvalue weighted by molar-refractivity contribution is 0.356. The third-order valence-corrected chi connectivity index (χ3v) is 4.10. The molecule has 1 unspecified atom stereocenters. The van der Waals surface area contributed by atoms with Crippen LogP contribution in [0.15, 0.2) is 36.4 Å². The number of fused-ring (bicyclic) bond motifs is 1. The summed E-state index contributed by atoms with van der Waals surface area (Å²) in [4.78, 5) is 0. The Kier molecular flexibility index (Phi) is 4.13. The molecule has 2 aromatic rings. The van der Waals surface area contributed by atoms with E-state index in [9.17, 15) is 4.39 Å². The highest BCUT2D eigenvalue weighted by Gasteiger charge is 2.14. The molecule has 21 heavy (non-hydrogen) atoms. The maximum atomic E-state index is 13.1. The maximum Gasteiger partial charge on any atom is 0.141 e. The molecular formula is C17H17ClFNO. The van der Waals surface area contributed by atoms with Gasteiger partial charge in [0.1, 0.15) is 11.6 Å². The minimum atomic E-state index is -0.382. The summed E-state index contributed by atoms with van der Waals surface area (Å²) in [6, 6.07) is 11.3. The Morgan fingerprint density at radius 2 is 2.14 bits per heavy atom. The largest absolute Gasteiger partial charge is 0.493 e. The van der Waals surface area contributed by atoms with Crippen molar-refractivity contribution < 1.29 is 9.13 Å². The van der Waals surface area contributed by atoms with Crippen molar-refractivity contribution in [3.8, 4) is 5.75 Å². The Bertz CT molecular complexity index is 659. The summed E-state index contributed by atoms with van der Waals surface area (Å²) in [5.74, 6) is 0.614. The number of benzene rings is 2. The minimum absolute atomic E-state index is 0.164. The molecule has 0 saturated carbocycles. The minimum Gasteiger partial charge on any atom is -0.493 e. The summed E-state index contributed by atoms with van der Waals surface area (Å²) < 4.78 is 18.6. The van der Waals surface area contributed by atoms with Gasteiger partial charge in [0.2, 0.25) is 0 Å². The molecule has 0 fully saturated rings. The third kappa shape index (κ3) is 3.20. The molecule has 1 aliphatic heterocycles. The number of nitrogens with one attached hydrogen (secondary N) is 1. The van der Waals surface area contributed by atoms with Gasteiger partial charge in [-0.15, -0.1) is 0 Å². The zero-order valence-electron chi connectivity index (χ0n) is 11.8. The molecule has 0 amide bonds. The van der Waals surface area contributed by atoms with Crippen LogP contribution in [0.4, 0.5) is 4.39 Å². The van der Waals surface area contributed by atoms with Crippen molar-refractivity contribution in [1.82, 2.24) is 5.32 Å². The highest BCUT2D eigenvalue weighted by molar-refractivity contribution is 6.30. The molecule has 2 aromatic carbocycles. The smallest absolute Gasteiger partial charge is 0.141 e. The summed E-state index contributed by atoms with van der Waals surface area (Å²) in [5, 5.41) is 3.59. The Labute approximate surface area is 128 Å². The second kappa shape index (κ2) is 6.04. The molecule has 1 aliphatic rings. The second-order valence-corrected chi connectivity index (χ2v) is 5.72. The monoisotopic (exact) mass is 305 g/mol. The average Bonchev–Trinajstić information content (AvgIpc) is 2.95. The van der Waals surface area contributed by atoms with Gasteiger partial charge in [-0.1, -0.05) is 29.8 Å². The van der Waals surface area contributed by atoms with E-state index >= 15 is 0 Å². The fourth-order valence-electron chi connectivity index (χ4n) is 2.51. The van der Waals surface area contributed by atoms with Gasteiger partial charge in [0.25, 0.3) is 0 Å². The molecule has 4 heteroatoms. The van der Waals surface area contributed by atoms with Crippen molar-refractivity contribution in [3.05, 3.63) is 63.9 Å². The van der Waals surface area contributed by atoms with Crippen molar-refractivity contribution in [2.75, 3.05) is 6.61 Å². The fraction of sp³-hybridized carbons (Fsp3) is 0.294. The van der Waals surface area contributed by atoms with Gasteiger partial charge in [-0.05, 0) is 41.8 Å². The maximum absolute atomic E-state index is 13.1. The highest BCUT2D eigenvalue weighted by Crippen LogP contribution is 2.28. The Balaban J connectivity index is 1.66. The van der Waals surface area contributed by atoms with E-state index in [2.05, 4.69) is 24.4 Å². The first-order valence-electron chi connectivity index (χ1n) is 7.06. The lowest BCUT2D eigenvalue weighted by atomic mass is 10.0. The molecule has 0 bridgehead atoms. The molecule has 1 N–H and O–H groups in total. The van der Waals surface area contributed by atoms with Crippen molar-refractivity contribution >= 4 is 11.6 Å². The van der Waals surface area contributed by atoms with Gasteiger partial charge in [-0.3, -0.25) is 0 Å². The van der Waals surface area contributed by atoms with Crippen molar-refractivity contribution in [1.29, 1.82) is 0 Å². The van der Waals surface area contributed by atoms with Crippen molar-refractivity contribution in [2.24, 2.45) is 0 Å². The third-order valence-electron chi connectivity index (χ3n) is 3.81. The van der Waals surface area contributed by atoms with Gasteiger partial charge in [0.05, 0.1) is 11.6 Å². The Morgan fingerprint density at radius 1 is 1.29 bits per heavy atom. The predicted molar refractivity (Wildman–Crippen MR) is 82.3 cm³/mol. The van der Waals surface area contributed by atoms with Crippen LogP contribution in [0.1, 0.15) is 29.7 Å². The molecule has 110 valence electrons. The van der Waals surface area contributed by atoms with Gasteiger partial charge < -0.3 is 10.1 Å². The molecule has 2 nitrogen and oxygen atoms in total. The van der Waals surface area contributed by atoms with Crippen LogP contribution >= 0.6 is 11.6 Å². The van der Waals surface area contributed by atoms with E-state index in [1.165, 1.54) is 17.2 Å². The molecular weight excluding hydrogens is 289 g/mol. The van der Waals surface area contributed by atoms with Crippen LogP contribution in [0.2, 0.25) is 5.02 Å². The fourth-order valence-corrected chi connectivity index (χ4v) is 2.72. The van der Waals surface area contributed by atoms with Crippen LogP contribution in [-0.2, 0) is 13.0 Å². The first-order chi connectivity index (χ1) is 10.1. The molecule has 3 rings (SSSR count). The van der Waals surface area contributed by atoms with Crippen LogP contribution < -0.4 is 10.1 Å². The van der Waals surface area contributed by atoms with E-state index in [1.807, 2.05) is 6.07 Å². The summed E-state index contributed by atoms with van der Waals surface area (Å²) in [7, 11) is 0. The Morgan fingerprint density at radius 3 is 2.95 bits per heavy atom. The van der Waals surface area contributed by atoms with E-state index in [-0.39, 0.29) is 16.9 Å². The molecule has 1 heterocycles. The van der Waals surface area contributed by atoms with E-state index in [4.69, 9.17) is 16.3 Å². The normalized spacial score (nSPS) is 14.6. The summed E-state index contributed by atoms with van der Waals surface area (Å²) in [5.41, 5.74) is 3.47. The van der Waals surface area contributed by atoms with Crippen molar-refractivity contribution in [2.45, 2.75) is 25.9 Å². The zero-order chi connectivity index (χ0) is 14.8. The summed E-state index contributed by atoms with van der Waals surface area (Å²) in [6.07, 6.45) is 0.976. The van der Waals surface area contributed by atoms with E-state index in [0.717, 1.165) is 24.3 Å². The second-order valence-electron chi connectivity index (χ2n) is 5.32. The predicted octanol–water partition coefficient (Wildman–Crippen LogP) is 4.26. The molecule has 0 radical (unpaired) electrons. The van der Waals surface area contributed by atoms with Crippen LogP contribution in [-0.4, -0.2) is 6.61 Å². The summed E-state index contributed by atoms with van der Waals surface area (Å²) >= 11 is 5.79.